The Labute approximate surface area is 99.9 Å². The smallest absolute Gasteiger partial charge is 0.162 e. The van der Waals surface area contributed by atoms with Crippen LogP contribution >= 0.6 is 31.9 Å². The average molecular weight is 322 g/mol. The van der Waals surface area contributed by atoms with Crippen LogP contribution in [-0.2, 0) is 0 Å². The van der Waals surface area contributed by atoms with Crippen molar-refractivity contribution in [1.82, 2.24) is 0 Å². The van der Waals surface area contributed by atoms with Crippen LogP contribution in [0.4, 0.5) is 0 Å². The largest absolute Gasteiger partial charge is 0.493 e. The van der Waals surface area contributed by atoms with Crippen LogP contribution in [-0.4, -0.2) is 12.4 Å². The van der Waals surface area contributed by atoms with Crippen LogP contribution in [0.25, 0.3) is 0 Å². The minimum absolute atomic E-state index is 0.00491. The molecule has 0 saturated heterocycles. The van der Waals surface area contributed by atoms with E-state index in [2.05, 4.69) is 31.9 Å². The summed E-state index contributed by atoms with van der Waals surface area (Å²) < 4.78 is 6.85. The van der Waals surface area contributed by atoms with Gasteiger partial charge in [0.15, 0.2) is 5.78 Å². The highest BCUT2D eigenvalue weighted by Gasteiger charge is 2.14. The Hall–Kier alpha value is -0.350. The van der Waals surface area contributed by atoms with Crippen LogP contribution < -0.4 is 4.74 Å². The molecule has 0 aliphatic heterocycles. The fourth-order valence-corrected chi connectivity index (χ4v) is 2.74. The second-order valence-electron chi connectivity index (χ2n) is 2.72. The zero-order valence-corrected chi connectivity index (χ0v) is 11.1. The predicted octanol–water partition coefficient (Wildman–Crippen LogP) is 3.81. The third-order valence-corrected chi connectivity index (χ3v) is 3.16. The minimum Gasteiger partial charge on any atom is -0.493 e. The maximum Gasteiger partial charge on any atom is 0.162 e. The summed E-state index contributed by atoms with van der Waals surface area (Å²) in [5.74, 6) is 0.700. The van der Waals surface area contributed by atoms with E-state index in [0.29, 0.717) is 22.4 Å². The molecule has 1 aromatic carbocycles. The number of hydrogen-bond acceptors (Lipinski definition) is 2. The highest BCUT2D eigenvalue weighted by atomic mass is 79.9. The van der Waals surface area contributed by atoms with Gasteiger partial charge in [0.1, 0.15) is 5.75 Å². The Bertz CT molecular complexity index is 361. The van der Waals surface area contributed by atoms with E-state index in [1.807, 2.05) is 19.1 Å². The molecule has 4 heteroatoms. The van der Waals surface area contributed by atoms with Gasteiger partial charge in [-0.05, 0) is 41.9 Å². The van der Waals surface area contributed by atoms with Crippen molar-refractivity contribution in [2.45, 2.75) is 13.8 Å². The third kappa shape index (κ3) is 2.36. The van der Waals surface area contributed by atoms with Crippen molar-refractivity contribution in [1.29, 1.82) is 0 Å². The first kappa shape index (κ1) is 11.7. The van der Waals surface area contributed by atoms with Crippen LogP contribution in [0, 0.1) is 0 Å². The number of carbonyl (C=O) groups excluding carboxylic acids is 1. The Morgan fingerprint density at radius 3 is 2.57 bits per heavy atom. The quantitative estimate of drug-likeness (QED) is 0.791. The molecule has 14 heavy (non-hydrogen) atoms. The van der Waals surface area contributed by atoms with E-state index >= 15 is 0 Å². The maximum atomic E-state index is 11.3. The fraction of sp³-hybridized carbons (Fsp3) is 0.300. The van der Waals surface area contributed by atoms with Gasteiger partial charge in [-0.1, -0.05) is 15.9 Å². The van der Waals surface area contributed by atoms with Crippen LogP contribution in [0.3, 0.4) is 0 Å². The van der Waals surface area contributed by atoms with Gasteiger partial charge in [0, 0.05) is 10.0 Å². The number of carbonyl (C=O) groups is 1. The molecule has 0 radical (unpaired) electrons. The van der Waals surface area contributed by atoms with Gasteiger partial charge in [-0.15, -0.1) is 0 Å². The molecule has 0 atom stereocenters. The second-order valence-corrected chi connectivity index (χ2v) is 4.37. The molecule has 0 fully saturated rings. The first-order valence-corrected chi connectivity index (χ1v) is 5.78. The lowest BCUT2D eigenvalue weighted by molar-refractivity contribution is 0.101. The Morgan fingerprint density at radius 1 is 1.43 bits per heavy atom. The molecule has 0 N–H and O–H groups in total. The highest BCUT2D eigenvalue weighted by Crippen LogP contribution is 2.34. The van der Waals surface area contributed by atoms with Gasteiger partial charge >= 0.3 is 0 Å². The molecule has 0 saturated carbocycles. The molecule has 0 aliphatic rings. The predicted molar refractivity (Wildman–Crippen MR) is 63.0 cm³/mol. The number of halogens is 2. The summed E-state index contributed by atoms with van der Waals surface area (Å²) in [5.41, 5.74) is 0.621. The molecule has 0 aromatic heterocycles. The maximum absolute atomic E-state index is 11.3. The van der Waals surface area contributed by atoms with Gasteiger partial charge in [-0.2, -0.15) is 0 Å². The number of ketones is 1. The van der Waals surface area contributed by atoms with Crippen molar-refractivity contribution in [3.05, 3.63) is 26.6 Å². The Kier molecular flexibility index (Phi) is 4.13. The first-order valence-electron chi connectivity index (χ1n) is 4.19. The molecular formula is C10H10Br2O2. The number of hydrogen-bond donors (Lipinski definition) is 0. The van der Waals surface area contributed by atoms with Crippen molar-refractivity contribution < 1.29 is 9.53 Å². The lowest BCUT2D eigenvalue weighted by Crippen LogP contribution is -1.99. The molecule has 0 unspecified atom stereocenters. The summed E-state index contributed by atoms with van der Waals surface area (Å²) in [5, 5.41) is 0. The molecular weight excluding hydrogens is 312 g/mol. The van der Waals surface area contributed by atoms with Crippen LogP contribution in [0.5, 0.6) is 5.75 Å². The van der Waals surface area contributed by atoms with Crippen molar-refractivity contribution in [3.63, 3.8) is 0 Å². The van der Waals surface area contributed by atoms with Gasteiger partial charge < -0.3 is 4.74 Å². The Balaban J connectivity index is 3.26. The van der Waals surface area contributed by atoms with Crippen molar-refractivity contribution in [2.75, 3.05) is 6.61 Å². The first-order chi connectivity index (χ1) is 6.57. The lowest BCUT2D eigenvalue weighted by atomic mass is 10.1. The summed E-state index contributed by atoms with van der Waals surface area (Å²) in [6.07, 6.45) is 0. The summed E-state index contributed by atoms with van der Waals surface area (Å²) in [6, 6.07) is 3.64. The number of ether oxygens (including phenoxy) is 1. The van der Waals surface area contributed by atoms with E-state index in [0.717, 1.165) is 4.47 Å². The molecule has 1 aromatic rings. The van der Waals surface area contributed by atoms with E-state index in [-0.39, 0.29) is 5.78 Å². The van der Waals surface area contributed by atoms with Gasteiger partial charge in [-0.3, -0.25) is 4.79 Å². The minimum atomic E-state index is 0.00491. The molecule has 0 bridgehead atoms. The van der Waals surface area contributed by atoms with Crippen molar-refractivity contribution in [3.8, 4) is 5.75 Å². The third-order valence-electron chi connectivity index (χ3n) is 1.71. The molecule has 0 aliphatic carbocycles. The highest BCUT2D eigenvalue weighted by molar-refractivity contribution is 9.11. The van der Waals surface area contributed by atoms with Crippen LogP contribution in [0.1, 0.15) is 24.2 Å². The standard InChI is InChI=1S/C10H10Br2O2/c1-3-14-8-5-4-7(11)9(6(2)13)10(8)12/h4-5H,3H2,1-2H3. The summed E-state index contributed by atoms with van der Waals surface area (Å²) in [6.45, 7) is 4.01. The van der Waals surface area contributed by atoms with E-state index < -0.39 is 0 Å². The van der Waals surface area contributed by atoms with Gasteiger partial charge in [-0.25, -0.2) is 0 Å². The van der Waals surface area contributed by atoms with E-state index in [1.165, 1.54) is 6.92 Å². The van der Waals surface area contributed by atoms with Crippen molar-refractivity contribution >= 4 is 37.6 Å². The second kappa shape index (κ2) is 4.94. The SMILES string of the molecule is CCOc1ccc(Br)c(C(C)=O)c1Br. The molecule has 2 nitrogen and oxygen atoms in total. The van der Waals surface area contributed by atoms with Crippen molar-refractivity contribution in [2.24, 2.45) is 0 Å². The van der Waals surface area contributed by atoms with Crippen LogP contribution in [0.15, 0.2) is 21.1 Å². The molecule has 1 rings (SSSR count). The Morgan fingerprint density at radius 2 is 2.07 bits per heavy atom. The summed E-state index contributed by atoms with van der Waals surface area (Å²) in [7, 11) is 0. The zero-order chi connectivity index (χ0) is 10.7. The average Bonchev–Trinajstić information content (AvgIpc) is 2.10. The number of Topliss-reactive ketones (excluding diaryl/α,β-unsaturated/α-hetero) is 1. The van der Waals surface area contributed by atoms with E-state index in [1.54, 1.807) is 0 Å². The molecule has 76 valence electrons. The number of benzene rings is 1. The van der Waals surface area contributed by atoms with E-state index in [9.17, 15) is 4.79 Å². The van der Waals surface area contributed by atoms with Gasteiger partial charge in [0.2, 0.25) is 0 Å². The van der Waals surface area contributed by atoms with E-state index in [4.69, 9.17) is 4.74 Å². The monoisotopic (exact) mass is 320 g/mol. The molecule has 0 amide bonds. The van der Waals surface area contributed by atoms with Gasteiger partial charge in [0.25, 0.3) is 0 Å². The fourth-order valence-electron chi connectivity index (χ4n) is 1.12. The molecule has 0 heterocycles. The van der Waals surface area contributed by atoms with Crippen LogP contribution in [0.2, 0.25) is 0 Å². The zero-order valence-electron chi connectivity index (χ0n) is 7.93. The lowest BCUT2D eigenvalue weighted by Gasteiger charge is -2.09. The normalized spacial score (nSPS) is 10.0. The summed E-state index contributed by atoms with van der Waals surface area (Å²) in [4.78, 5) is 11.3. The number of rotatable bonds is 3. The topological polar surface area (TPSA) is 26.3 Å². The molecule has 0 spiro atoms. The summed E-state index contributed by atoms with van der Waals surface area (Å²) >= 11 is 6.68. The van der Waals surface area contributed by atoms with Gasteiger partial charge in [0.05, 0.1) is 11.1 Å².